The smallest absolute Gasteiger partial charge is 0.313 e. The van der Waals surface area contributed by atoms with Gasteiger partial charge < -0.3 is 34.6 Å². The lowest BCUT2D eigenvalue weighted by Gasteiger charge is -2.40. The molecule has 0 aromatic heterocycles. The molecule has 1 unspecified atom stereocenters. The summed E-state index contributed by atoms with van der Waals surface area (Å²) in [4.78, 5) is 62.5. The van der Waals surface area contributed by atoms with Crippen LogP contribution in [0, 0.1) is 17.8 Å². The number of aliphatic hydroxyl groups is 1. The van der Waals surface area contributed by atoms with Gasteiger partial charge in [-0.1, -0.05) is 72.3 Å². The van der Waals surface area contributed by atoms with E-state index in [9.17, 15) is 19.5 Å². The highest BCUT2D eigenvalue weighted by atomic mass is 79.9. The number of amides is 3. The Kier molecular flexibility index (Phi) is 14.0. The molecule has 3 fully saturated rings. The van der Waals surface area contributed by atoms with E-state index in [0.717, 1.165) is 18.8 Å². The van der Waals surface area contributed by atoms with Crippen molar-refractivity contribution in [3.63, 3.8) is 0 Å². The molecule has 0 radical (unpaired) electrons. The fourth-order valence-corrected chi connectivity index (χ4v) is 9.74. The Morgan fingerprint density at radius 3 is 2.29 bits per heavy atom. The van der Waals surface area contributed by atoms with Gasteiger partial charge in [-0.15, -0.1) is 13.2 Å². The summed E-state index contributed by atoms with van der Waals surface area (Å²) in [6.45, 7) is 19.0. The van der Waals surface area contributed by atoms with Crippen LogP contribution in [-0.2, 0) is 28.7 Å². The number of nitrogens with zero attached hydrogens (tertiary/aromatic N) is 3. The predicted molar refractivity (Wildman–Crippen MR) is 218 cm³/mol. The van der Waals surface area contributed by atoms with Crippen molar-refractivity contribution >= 4 is 51.0 Å². The Morgan fingerprint density at radius 1 is 1.05 bits per heavy atom. The number of hydrogen-bond acceptors (Lipinski definition) is 8. The van der Waals surface area contributed by atoms with Crippen LogP contribution < -0.4 is 15.1 Å². The predicted octanol–water partition coefficient (Wildman–Crippen LogP) is 5.96. The van der Waals surface area contributed by atoms with Gasteiger partial charge in [-0.3, -0.25) is 19.2 Å². The fourth-order valence-electron chi connectivity index (χ4n) is 8.80. The molecule has 55 heavy (non-hydrogen) atoms. The number of likely N-dealkylation sites (tertiary alicyclic amines) is 1. The number of rotatable bonds is 19. The summed E-state index contributed by atoms with van der Waals surface area (Å²) in [6, 6.07) is 14.5. The molecule has 3 heterocycles. The van der Waals surface area contributed by atoms with E-state index in [0.29, 0.717) is 30.5 Å². The van der Waals surface area contributed by atoms with Gasteiger partial charge in [-0.2, -0.15) is 0 Å². The maximum Gasteiger partial charge on any atom is 0.313 e. The van der Waals surface area contributed by atoms with Crippen molar-refractivity contribution in [3.8, 4) is 0 Å². The van der Waals surface area contributed by atoms with Crippen molar-refractivity contribution in [3.05, 3.63) is 85.5 Å². The van der Waals surface area contributed by atoms with E-state index in [1.165, 1.54) is 4.90 Å². The number of alkyl halides is 1. The first-order valence-corrected chi connectivity index (χ1v) is 20.5. The molecule has 3 amide bonds. The number of carbonyl (C=O) groups excluding carboxylic acids is 4. The first kappa shape index (κ1) is 42.1. The third-order valence-corrected chi connectivity index (χ3v) is 12.1. The lowest BCUT2D eigenvalue weighted by atomic mass is 9.70. The van der Waals surface area contributed by atoms with Crippen LogP contribution in [0.3, 0.4) is 0 Å². The average Bonchev–Trinajstić information content (AvgIpc) is 3.77. The van der Waals surface area contributed by atoms with Crippen LogP contribution in [0.4, 0.5) is 11.4 Å². The van der Waals surface area contributed by atoms with Gasteiger partial charge in [0.1, 0.15) is 17.7 Å². The highest BCUT2D eigenvalue weighted by Crippen LogP contribution is 2.61. The Hall–Kier alpha value is -4.00. The van der Waals surface area contributed by atoms with Crippen molar-refractivity contribution in [1.82, 2.24) is 10.2 Å². The van der Waals surface area contributed by atoms with E-state index in [2.05, 4.69) is 53.2 Å². The number of allylic oxidation sites excluding steroid dienone is 1. The fraction of sp³-hybridized carbons (Fsp3) is 0.535. The maximum atomic E-state index is 15.2. The molecule has 1 spiro atoms. The molecule has 9 atom stereocenters. The number of anilines is 2. The lowest BCUT2D eigenvalue weighted by Crippen LogP contribution is -2.59. The number of carbonyl (C=O) groups is 4. The monoisotopic (exact) mass is 820 g/mol. The minimum absolute atomic E-state index is 0.0901. The third kappa shape index (κ3) is 8.42. The molecule has 298 valence electrons. The minimum atomic E-state index is -1.38. The van der Waals surface area contributed by atoms with Gasteiger partial charge in [0.05, 0.1) is 36.6 Å². The number of fused-ring (bicyclic) bond motifs is 1. The molecule has 2 aromatic rings. The van der Waals surface area contributed by atoms with Crippen molar-refractivity contribution in [2.45, 2.75) is 101 Å². The highest BCUT2D eigenvalue weighted by Gasteiger charge is 2.77. The SMILES string of the molecule is C=CCCC(=O)N[C@@H](C)[C@H](OC(=O)[C@H]1[C@@H]2O[C@@]3(CC2Br)[C@@H]1C(=O)N([C@@H](CO)CC(C)C)[C@@H]3C(=O)N(CC=C)c1ccc(N(CC)CC)cc1)c1ccccc1. The molecule has 11 nitrogen and oxygen atoms in total. The summed E-state index contributed by atoms with van der Waals surface area (Å²) in [7, 11) is 0. The van der Waals surface area contributed by atoms with Crippen LogP contribution in [0.25, 0.3) is 0 Å². The van der Waals surface area contributed by atoms with E-state index in [-0.39, 0.29) is 42.1 Å². The Balaban J connectivity index is 1.54. The van der Waals surface area contributed by atoms with Crippen LogP contribution in [0.5, 0.6) is 0 Å². The first-order chi connectivity index (χ1) is 26.4. The van der Waals surface area contributed by atoms with Crippen LogP contribution in [0.15, 0.2) is 79.9 Å². The van der Waals surface area contributed by atoms with Crippen LogP contribution in [0.2, 0.25) is 0 Å². The first-order valence-electron chi connectivity index (χ1n) is 19.5. The number of ether oxygens (including phenoxy) is 2. The summed E-state index contributed by atoms with van der Waals surface area (Å²) in [5.41, 5.74) is 0.951. The second-order valence-corrected chi connectivity index (χ2v) is 16.4. The summed E-state index contributed by atoms with van der Waals surface area (Å²) < 4.78 is 13.1. The van der Waals surface area contributed by atoms with E-state index < -0.39 is 59.6 Å². The number of halogens is 1. The molecule has 2 N–H and O–H groups in total. The van der Waals surface area contributed by atoms with Crippen molar-refractivity contribution in [2.24, 2.45) is 17.8 Å². The molecule has 0 saturated carbocycles. The summed E-state index contributed by atoms with van der Waals surface area (Å²) >= 11 is 3.77. The highest BCUT2D eigenvalue weighted by molar-refractivity contribution is 9.09. The van der Waals surface area contributed by atoms with E-state index >= 15 is 4.79 Å². The zero-order valence-electron chi connectivity index (χ0n) is 32.7. The molecular formula is C43H57BrN4O7. The summed E-state index contributed by atoms with van der Waals surface area (Å²) in [5.74, 6) is -3.66. The van der Waals surface area contributed by atoms with Gasteiger partial charge in [-0.25, -0.2) is 0 Å². The minimum Gasteiger partial charge on any atom is -0.455 e. The van der Waals surface area contributed by atoms with Gasteiger partial charge >= 0.3 is 5.97 Å². The topological polar surface area (TPSA) is 129 Å². The van der Waals surface area contributed by atoms with E-state index in [1.807, 2.05) is 68.4 Å². The van der Waals surface area contributed by atoms with Gasteiger partial charge in [-0.05, 0) is 75.8 Å². The number of nitrogens with one attached hydrogen (secondary N) is 1. The largest absolute Gasteiger partial charge is 0.455 e. The van der Waals surface area contributed by atoms with Crippen LogP contribution in [0.1, 0.15) is 72.0 Å². The molecule has 0 aliphatic carbocycles. The van der Waals surface area contributed by atoms with Crippen molar-refractivity contribution in [2.75, 3.05) is 36.0 Å². The van der Waals surface area contributed by atoms with Crippen LogP contribution >= 0.6 is 15.9 Å². The van der Waals surface area contributed by atoms with E-state index in [1.54, 1.807) is 24.0 Å². The van der Waals surface area contributed by atoms with Gasteiger partial charge in [0.2, 0.25) is 11.8 Å². The Morgan fingerprint density at radius 2 is 1.71 bits per heavy atom. The zero-order chi connectivity index (χ0) is 40.0. The molecule has 3 saturated heterocycles. The van der Waals surface area contributed by atoms with Crippen molar-refractivity contribution < 1.29 is 33.8 Å². The molecular weight excluding hydrogens is 764 g/mol. The van der Waals surface area contributed by atoms with Crippen LogP contribution in [-0.4, -0.2) is 94.6 Å². The Labute approximate surface area is 334 Å². The second-order valence-electron chi connectivity index (χ2n) is 15.3. The molecule has 12 heteroatoms. The number of hydrogen-bond donors (Lipinski definition) is 2. The molecule has 3 aliphatic rings. The van der Waals surface area contributed by atoms with Gasteiger partial charge in [0.25, 0.3) is 5.91 Å². The lowest BCUT2D eigenvalue weighted by molar-refractivity contribution is -0.162. The molecule has 3 aliphatic heterocycles. The second kappa shape index (κ2) is 18.3. The average molecular weight is 822 g/mol. The molecule has 2 bridgehead atoms. The van der Waals surface area contributed by atoms with Gasteiger partial charge in [0, 0.05) is 42.3 Å². The van der Waals surface area contributed by atoms with Crippen molar-refractivity contribution in [1.29, 1.82) is 0 Å². The standard InChI is InChI=1S/C43H57BrN4O7/c1-8-12-18-34(50)45-28(7)37(29-16-14-13-15-17-29)54-42(53)35-36-40(51)48(32(26-49)24-27(5)6)39(43(36)25-33(44)38(35)55-43)41(52)47(23-9-2)31-21-19-30(20-22-31)46(10-3)11-4/h8-9,13-17,19-22,27-28,32-33,35-39,49H,1-2,10-12,18,23-26H2,3-7H3,(H,45,50)/t28-,32+,33?,35+,36-,37-,38+,39+,43-/m0/s1. The number of benzene rings is 2. The molecule has 2 aromatic carbocycles. The molecule has 5 rings (SSSR count). The summed E-state index contributed by atoms with van der Waals surface area (Å²) in [6.07, 6.45) is 3.16. The third-order valence-electron chi connectivity index (χ3n) is 11.2. The Bertz CT molecular complexity index is 1690. The number of aliphatic hydroxyl groups excluding tert-OH is 1. The quantitative estimate of drug-likeness (QED) is 0.101. The maximum absolute atomic E-state index is 15.2. The van der Waals surface area contributed by atoms with Gasteiger partial charge in [0.15, 0.2) is 0 Å². The zero-order valence-corrected chi connectivity index (χ0v) is 34.3. The number of esters is 1. The summed E-state index contributed by atoms with van der Waals surface area (Å²) in [5, 5.41) is 13.8. The van der Waals surface area contributed by atoms with E-state index in [4.69, 9.17) is 9.47 Å². The normalized spacial score (nSPS) is 25.6.